The summed E-state index contributed by atoms with van der Waals surface area (Å²) in [7, 11) is 1.62. The molecule has 0 aliphatic rings. The Morgan fingerprint density at radius 2 is 2.08 bits per heavy atom. The lowest BCUT2D eigenvalue weighted by atomic mass is 10.3. The van der Waals surface area contributed by atoms with Crippen LogP contribution in [0.1, 0.15) is 12.6 Å². The number of hydrogen-bond donors (Lipinski definition) is 3. The molecule has 3 aromatic rings. The number of hydrogen-bond acceptors (Lipinski definition) is 8. The maximum atomic E-state index is 11.2. The van der Waals surface area contributed by atoms with Crippen LogP contribution in [0.4, 0.5) is 16.0 Å². The summed E-state index contributed by atoms with van der Waals surface area (Å²) >= 11 is 7.25. The largest absolute Gasteiger partial charge is 0.495 e. The van der Waals surface area contributed by atoms with Gasteiger partial charge in [0.2, 0.25) is 5.91 Å². The third-order valence-electron chi connectivity index (χ3n) is 3.24. The topological polar surface area (TPSA) is 76.1 Å². The summed E-state index contributed by atoms with van der Waals surface area (Å²) in [6, 6.07) is 5.60. The van der Waals surface area contributed by atoms with Crippen LogP contribution in [0.15, 0.2) is 28.5 Å². The lowest BCUT2D eigenvalue weighted by molar-refractivity contribution is -0.114. The number of rotatable bonds is 5. The summed E-state index contributed by atoms with van der Waals surface area (Å²) in [6.45, 7) is 3.36. The summed E-state index contributed by atoms with van der Waals surface area (Å²) in [5.74, 6) is 0.580. The molecule has 1 amide bonds. The Balaban J connectivity index is 1.85. The number of amides is 1. The molecule has 9 heteroatoms. The summed E-state index contributed by atoms with van der Waals surface area (Å²) < 4.78 is 5.36. The fraction of sp³-hybridized carbons (Fsp3) is 0.188. The predicted molar refractivity (Wildman–Crippen MR) is 106 cm³/mol. The number of carbonyl (C=O) groups excluding carboxylic acids is 1. The van der Waals surface area contributed by atoms with Gasteiger partial charge in [0.25, 0.3) is 0 Å². The van der Waals surface area contributed by atoms with E-state index in [1.807, 2.05) is 30.5 Å². The van der Waals surface area contributed by atoms with Gasteiger partial charge in [-0.15, -0.1) is 24.0 Å². The Hall–Kier alpha value is -2.10. The van der Waals surface area contributed by atoms with Crippen molar-refractivity contribution in [2.45, 2.75) is 18.7 Å². The van der Waals surface area contributed by atoms with Crippen molar-refractivity contribution < 1.29 is 9.53 Å². The molecular formula is C16H16N4O2S3. The van der Waals surface area contributed by atoms with Gasteiger partial charge in [0.1, 0.15) is 5.75 Å². The number of benzene rings is 1. The molecule has 0 aliphatic heterocycles. The minimum Gasteiger partial charge on any atom is -0.495 e. The second-order valence-corrected chi connectivity index (χ2v) is 7.54. The zero-order valence-electron chi connectivity index (χ0n) is 13.8. The van der Waals surface area contributed by atoms with Crippen molar-refractivity contribution in [3.05, 3.63) is 29.3 Å². The quantitative estimate of drug-likeness (QED) is 0.554. The van der Waals surface area contributed by atoms with Gasteiger partial charge >= 0.3 is 0 Å². The van der Waals surface area contributed by atoms with E-state index >= 15 is 0 Å². The van der Waals surface area contributed by atoms with E-state index in [1.54, 1.807) is 7.11 Å². The van der Waals surface area contributed by atoms with E-state index in [0.717, 1.165) is 37.7 Å². The van der Waals surface area contributed by atoms with E-state index in [0.29, 0.717) is 5.13 Å². The number of anilines is 3. The SMILES string of the molecule is COc1ccc(S)cc1Nc1nc(-c2sc(NC(C)=O)nc2C)cs1. The molecule has 2 N–H and O–H groups in total. The molecule has 0 atom stereocenters. The lowest BCUT2D eigenvalue weighted by Gasteiger charge is -2.09. The highest BCUT2D eigenvalue weighted by Gasteiger charge is 2.14. The third kappa shape index (κ3) is 4.12. The first-order chi connectivity index (χ1) is 12.0. The number of aromatic nitrogens is 2. The van der Waals surface area contributed by atoms with Crippen molar-refractivity contribution >= 4 is 57.2 Å². The summed E-state index contributed by atoms with van der Waals surface area (Å²) in [4.78, 5) is 21.9. The number of nitrogens with zero attached hydrogens (tertiary/aromatic N) is 2. The minimum absolute atomic E-state index is 0.139. The van der Waals surface area contributed by atoms with Gasteiger partial charge in [0.15, 0.2) is 10.3 Å². The molecule has 0 saturated carbocycles. The molecule has 25 heavy (non-hydrogen) atoms. The molecule has 2 heterocycles. The van der Waals surface area contributed by atoms with E-state index in [-0.39, 0.29) is 5.91 Å². The summed E-state index contributed by atoms with van der Waals surface area (Å²) in [6.07, 6.45) is 0. The molecule has 2 aromatic heterocycles. The van der Waals surface area contributed by atoms with E-state index in [2.05, 4.69) is 33.2 Å². The van der Waals surface area contributed by atoms with Gasteiger partial charge in [-0.3, -0.25) is 4.79 Å². The van der Waals surface area contributed by atoms with Crippen LogP contribution in [-0.2, 0) is 4.79 Å². The highest BCUT2D eigenvalue weighted by atomic mass is 32.1. The van der Waals surface area contributed by atoms with Crippen molar-refractivity contribution in [1.82, 2.24) is 9.97 Å². The van der Waals surface area contributed by atoms with Crippen molar-refractivity contribution in [3.63, 3.8) is 0 Å². The molecule has 6 nitrogen and oxygen atoms in total. The van der Waals surface area contributed by atoms with Crippen LogP contribution in [0.25, 0.3) is 10.6 Å². The lowest BCUT2D eigenvalue weighted by Crippen LogP contribution is -2.04. The van der Waals surface area contributed by atoms with Gasteiger partial charge in [-0.25, -0.2) is 9.97 Å². The Kier molecular flexibility index (Phi) is 5.26. The number of nitrogens with one attached hydrogen (secondary N) is 2. The van der Waals surface area contributed by atoms with Crippen LogP contribution in [0.3, 0.4) is 0 Å². The van der Waals surface area contributed by atoms with Crippen molar-refractivity contribution in [2.24, 2.45) is 0 Å². The van der Waals surface area contributed by atoms with Gasteiger partial charge in [0, 0.05) is 17.2 Å². The fourth-order valence-electron chi connectivity index (χ4n) is 2.18. The molecule has 0 unspecified atom stereocenters. The predicted octanol–water partition coefficient (Wildman–Crippen LogP) is 4.57. The Morgan fingerprint density at radius 1 is 1.28 bits per heavy atom. The van der Waals surface area contributed by atoms with Gasteiger partial charge in [-0.05, 0) is 25.1 Å². The van der Waals surface area contributed by atoms with Crippen LogP contribution in [-0.4, -0.2) is 23.0 Å². The number of methoxy groups -OCH3 is 1. The van der Waals surface area contributed by atoms with Crippen LogP contribution in [0.2, 0.25) is 0 Å². The van der Waals surface area contributed by atoms with E-state index in [1.165, 1.54) is 29.6 Å². The number of thiazole rings is 2. The average molecular weight is 393 g/mol. The van der Waals surface area contributed by atoms with Gasteiger partial charge in [-0.2, -0.15) is 0 Å². The average Bonchev–Trinajstić information content (AvgIpc) is 3.13. The van der Waals surface area contributed by atoms with Crippen LogP contribution in [0, 0.1) is 6.92 Å². The van der Waals surface area contributed by atoms with Gasteiger partial charge in [0.05, 0.1) is 29.1 Å². The number of ether oxygens (including phenoxy) is 1. The second-order valence-electron chi connectivity index (χ2n) is 5.16. The summed E-state index contributed by atoms with van der Waals surface area (Å²) in [5, 5.41) is 9.24. The highest BCUT2D eigenvalue weighted by Crippen LogP contribution is 2.36. The Labute approximate surface area is 158 Å². The van der Waals surface area contributed by atoms with Gasteiger partial charge < -0.3 is 15.4 Å². The zero-order valence-corrected chi connectivity index (χ0v) is 16.3. The normalized spacial score (nSPS) is 10.6. The fourth-order valence-corrected chi connectivity index (χ4v) is 4.15. The van der Waals surface area contributed by atoms with Crippen LogP contribution in [0.5, 0.6) is 5.75 Å². The van der Waals surface area contributed by atoms with E-state index < -0.39 is 0 Å². The third-order valence-corrected chi connectivity index (χ3v) is 5.37. The summed E-state index contributed by atoms with van der Waals surface area (Å²) in [5.41, 5.74) is 2.46. The van der Waals surface area contributed by atoms with Crippen molar-refractivity contribution in [1.29, 1.82) is 0 Å². The Bertz CT molecular complexity index is 920. The number of aryl methyl sites for hydroxylation is 1. The molecule has 130 valence electrons. The first-order valence-electron chi connectivity index (χ1n) is 7.31. The van der Waals surface area contributed by atoms with E-state index in [9.17, 15) is 4.79 Å². The first kappa shape index (κ1) is 17.7. The molecule has 0 radical (unpaired) electrons. The molecule has 0 bridgehead atoms. The standard InChI is InChI=1S/C16H16N4O2S3/c1-8-14(25-16(17-8)18-9(2)21)12-7-24-15(20-12)19-11-6-10(23)4-5-13(11)22-3/h4-7,23H,1-3H3,(H,19,20)(H,17,18,21). The smallest absolute Gasteiger partial charge is 0.223 e. The highest BCUT2D eigenvalue weighted by molar-refractivity contribution is 7.80. The second kappa shape index (κ2) is 7.42. The molecule has 0 saturated heterocycles. The molecule has 3 rings (SSSR count). The first-order valence-corrected chi connectivity index (χ1v) is 9.45. The monoisotopic (exact) mass is 392 g/mol. The van der Waals surface area contributed by atoms with Crippen molar-refractivity contribution in [2.75, 3.05) is 17.7 Å². The number of thiol groups is 1. The van der Waals surface area contributed by atoms with E-state index in [4.69, 9.17) is 4.74 Å². The molecule has 0 aliphatic carbocycles. The maximum absolute atomic E-state index is 11.2. The minimum atomic E-state index is -0.139. The molecule has 1 aromatic carbocycles. The van der Waals surface area contributed by atoms with Gasteiger partial charge in [-0.1, -0.05) is 11.3 Å². The zero-order chi connectivity index (χ0) is 18.0. The molecule has 0 spiro atoms. The molecule has 0 fully saturated rings. The van der Waals surface area contributed by atoms with Crippen molar-refractivity contribution in [3.8, 4) is 16.3 Å². The van der Waals surface area contributed by atoms with Crippen LogP contribution >= 0.6 is 35.3 Å². The molecular weight excluding hydrogens is 376 g/mol. The maximum Gasteiger partial charge on any atom is 0.223 e. The van der Waals surface area contributed by atoms with Crippen LogP contribution < -0.4 is 15.4 Å². The Morgan fingerprint density at radius 3 is 2.80 bits per heavy atom. The number of carbonyl (C=O) groups is 1.